The van der Waals surface area contributed by atoms with Crippen molar-refractivity contribution in [1.82, 2.24) is 0 Å². The molecule has 0 unspecified atom stereocenters. The van der Waals surface area contributed by atoms with Crippen LogP contribution in [0.5, 0.6) is 11.5 Å². The Kier molecular flexibility index (Phi) is 4.59. The molecule has 0 saturated heterocycles. The van der Waals surface area contributed by atoms with Crippen LogP contribution in [0.3, 0.4) is 0 Å². The number of phenolic OH excluding ortho intramolecular Hbond substituents is 1. The molecule has 0 atom stereocenters. The van der Waals surface area contributed by atoms with Crippen molar-refractivity contribution < 1.29 is 9.84 Å². The molecule has 0 heterocycles. The van der Waals surface area contributed by atoms with Crippen molar-refractivity contribution in [3.8, 4) is 11.5 Å². The molecule has 1 N–H and O–H groups in total. The molecule has 0 amide bonds. The SMILES string of the molecule is CCOc1ccc([S+](CC)CC)c2cccc(O)c12. The Morgan fingerprint density at radius 1 is 1.05 bits per heavy atom. The van der Waals surface area contributed by atoms with Crippen LogP contribution in [-0.2, 0) is 10.9 Å². The van der Waals surface area contributed by atoms with Crippen LogP contribution in [0.1, 0.15) is 20.8 Å². The highest BCUT2D eigenvalue weighted by Crippen LogP contribution is 2.37. The summed E-state index contributed by atoms with van der Waals surface area (Å²) in [6, 6.07) is 9.86. The summed E-state index contributed by atoms with van der Waals surface area (Å²) >= 11 is 0. The van der Waals surface area contributed by atoms with Crippen molar-refractivity contribution >= 4 is 21.7 Å². The second kappa shape index (κ2) is 6.20. The molecule has 0 saturated carbocycles. The van der Waals surface area contributed by atoms with Gasteiger partial charge in [0.2, 0.25) is 0 Å². The van der Waals surface area contributed by atoms with Gasteiger partial charge < -0.3 is 9.84 Å². The van der Waals surface area contributed by atoms with E-state index in [-0.39, 0.29) is 10.9 Å². The molecular formula is C16H21O2S+. The number of fused-ring (bicyclic) bond motifs is 1. The zero-order valence-electron chi connectivity index (χ0n) is 11.8. The molecule has 0 radical (unpaired) electrons. The van der Waals surface area contributed by atoms with Crippen molar-refractivity contribution in [1.29, 1.82) is 0 Å². The third kappa shape index (κ3) is 2.66. The first-order valence-electron chi connectivity index (χ1n) is 6.77. The van der Waals surface area contributed by atoms with Gasteiger partial charge in [-0.05, 0) is 45.0 Å². The first-order valence-corrected chi connectivity index (χ1v) is 8.34. The third-order valence-corrected chi connectivity index (χ3v) is 5.62. The lowest BCUT2D eigenvalue weighted by molar-refractivity contribution is 0.343. The Hall–Kier alpha value is -1.35. The van der Waals surface area contributed by atoms with E-state index in [2.05, 4.69) is 26.0 Å². The molecule has 0 aliphatic heterocycles. The van der Waals surface area contributed by atoms with Crippen molar-refractivity contribution in [2.24, 2.45) is 0 Å². The van der Waals surface area contributed by atoms with E-state index in [0.717, 1.165) is 28.0 Å². The predicted octanol–water partition coefficient (Wildman–Crippen LogP) is 3.96. The highest BCUT2D eigenvalue weighted by atomic mass is 32.2. The third-order valence-electron chi connectivity index (χ3n) is 3.25. The fourth-order valence-corrected chi connectivity index (χ4v) is 4.14. The molecule has 102 valence electrons. The van der Waals surface area contributed by atoms with Gasteiger partial charge in [0.25, 0.3) is 0 Å². The summed E-state index contributed by atoms with van der Waals surface area (Å²) in [6.45, 7) is 7.01. The summed E-state index contributed by atoms with van der Waals surface area (Å²) in [6.07, 6.45) is 0. The Balaban J connectivity index is 2.69. The first-order chi connectivity index (χ1) is 9.22. The van der Waals surface area contributed by atoms with Gasteiger partial charge in [-0.3, -0.25) is 0 Å². The lowest BCUT2D eigenvalue weighted by atomic mass is 10.1. The highest BCUT2D eigenvalue weighted by Gasteiger charge is 2.22. The minimum atomic E-state index is 0.236. The van der Waals surface area contributed by atoms with Gasteiger partial charge in [0, 0.05) is 16.3 Å². The van der Waals surface area contributed by atoms with E-state index in [1.54, 1.807) is 6.07 Å². The Labute approximate surface area is 117 Å². The summed E-state index contributed by atoms with van der Waals surface area (Å²) in [5.41, 5.74) is 0. The molecule has 0 aliphatic rings. The molecule has 2 aromatic rings. The minimum Gasteiger partial charge on any atom is -0.507 e. The van der Waals surface area contributed by atoms with Crippen LogP contribution < -0.4 is 4.74 Å². The largest absolute Gasteiger partial charge is 0.507 e. The van der Waals surface area contributed by atoms with Crippen LogP contribution >= 0.6 is 0 Å². The molecule has 0 fully saturated rings. The molecule has 2 nitrogen and oxygen atoms in total. The van der Waals surface area contributed by atoms with Gasteiger partial charge in [0.05, 0.1) is 12.0 Å². The minimum absolute atomic E-state index is 0.236. The second-order valence-electron chi connectivity index (χ2n) is 4.26. The molecule has 19 heavy (non-hydrogen) atoms. The number of phenols is 1. The number of hydrogen-bond acceptors (Lipinski definition) is 2. The van der Waals surface area contributed by atoms with E-state index in [9.17, 15) is 5.11 Å². The van der Waals surface area contributed by atoms with Gasteiger partial charge in [0.15, 0.2) is 4.90 Å². The standard InChI is InChI=1S/C16H20O2S/c1-4-18-14-10-11-15(19(5-2)6-3)12-8-7-9-13(17)16(12)14/h7-11H,4-6H2,1-3H3/p+1. The fraction of sp³-hybridized carbons (Fsp3) is 0.375. The normalized spacial score (nSPS) is 11.2. The van der Waals surface area contributed by atoms with Crippen LogP contribution in [0.25, 0.3) is 10.8 Å². The molecule has 0 spiro atoms. The average molecular weight is 277 g/mol. The van der Waals surface area contributed by atoms with Gasteiger partial charge in [0.1, 0.15) is 23.0 Å². The predicted molar refractivity (Wildman–Crippen MR) is 83.5 cm³/mol. The van der Waals surface area contributed by atoms with E-state index in [0.29, 0.717) is 12.4 Å². The molecule has 2 aromatic carbocycles. The first kappa shape index (κ1) is 14.1. The van der Waals surface area contributed by atoms with Gasteiger partial charge in [-0.2, -0.15) is 0 Å². The molecule has 0 aromatic heterocycles. The maximum absolute atomic E-state index is 10.2. The second-order valence-corrected chi connectivity index (χ2v) is 6.84. The molecule has 3 heteroatoms. The van der Waals surface area contributed by atoms with Gasteiger partial charge in [-0.1, -0.05) is 6.07 Å². The zero-order chi connectivity index (χ0) is 13.8. The summed E-state index contributed by atoms with van der Waals surface area (Å²) in [5.74, 6) is 3.35. The highest BCUT2D eigenvalue weighted by molar-refractivity contribution is 7.97. The lowest BCUT2D eigenvalue weighted by Crippen LogP contribution is -2.09. The van der Waals surface area contributed by atoms with Gasteiger partial charge in [-0.15, -0.1) is 0 Å². The van der Waals surface area contributed by atoms with Crippen LogP contribution in [0.15, 0.2) is 35.2 Å². The van der Waals surface area contributed by atoms with Gasteiger partial charge >= 0.3 is 0 Å². The fourth-order valence-electron chi connectivity index (χ4n) is 2.37. The van der Waals surface area contributed by atoms with Crippen molar-refractivity contribution in [3.05, 3.63) is 30.3 Å². The van der Waals surface area contributed by atoms with Crippen LogP contribution in [0.2, 0.25) is 0 Å². The van der Waals surface area contributed by atoms with Crippen LogP contribution in [0.4, 0.5) is 0 Å². The smallest absolute Gasteiger partial charge is 0.163 e. The maximum Gasteiger partial charge on any atom is 0.163 e. The maximum atomic E-state index is 10.2. The van der Waals surface area contributed by atoms with E-state index < -0.39 is 0 Å². The lowest BCUT2D eigenvalue weighted by Gasteiger charge is -2.12. The number of rotatable bonds is 5. The summed E-state index contributed by atoms with van der Waals surface area (Å²) in [5, 5.41) is 12.1. The van der Waals surface area contributed by atoms with Crippen molar-refractivity contribution in [3.63, 3.8) is 0 Å². The van der Waals surface area contributed by atoms with Crippen molar-refractivity contribution in [2.45, 2.75) is 25.7 Å². The van der Waals surface area contributed by atoms with Crippen LogP contribution in [-0.4, -0.2) is 23.2 Å². The molecular weight excluding hydrogens is 256 g/mol. The molecule has 0 aliphatic carbocycles. The quantitative estimate of drug-likeness (QED) is 0.838. The summed E-state index contributed by atoms with van der Waals surface area (Å²) < 4.78 is 5.65. The topological polar surface area (TPSA) is 29.5 Å². The molecule has 0 bridgehead atoms. The summed E-state index contributed by atoms with van der Waals surface area (Å²) in [4.78, 5) is 1.33. The monoisotopic (exact) mass is 277 g/mol. The van der Waals surface area contributed by atoms with E-state index >= 15 is 0 Å². The molecule has 2 rings (SSSR count). The number of ether oxygens (including phenoxy) is 1. The van der Waals surface area contributed by atoms with E-state index in [1.165, 1.54) is 4.90 Å². The zero-order valence-corrected chi connectivity index (χ0v) is 12.6. The Morgan fingerprint density at radius 3 is 2.42 bits per heavy atom. The van der Waals surface area contributed by atoms with E-state index in [4.69, 9.17) is 4.74 Å². The van der Waals surface area contributed by atoms with Crippen LogP contribution in [0, 0.1) is 0 Å². The average Bonchev–Trinajstić information content (AvgIpc) is 2.42. The number of aromatic hydroxyl groups is 1. The van der Waals surface area contributed by atoms with E-state index in [1.807, 2.05) is 19.1 Å². The Morgan fingerprint density at radius 2 is 1.79 bits per heavy atom. The summed E-state index contributed by atoms with van der Waals surface area (Å²) in [7, 11) is 0.236. The number of hydrogen-bond donors (Lipinski definition) is 1. The number of benzene rings is 2. The van der Waals surface area contributed by atoms with Crippen molar-refractivity contribution in [2.75, 3.05) is 18.1 Å². The Bertz CT molecular complexity index is 562. The van der Waals surface area contributed by atoms with Gasteiger partial charge in [-0.25, -0.2) is 0 Å².